The zero-order valence-electron chi connectivity index (χ0n) is 10.5. The van der Waals surface area contributed by atoms with Crippen LogP contribution in [0.4, 0.5) is 0 Å². The van der Waals surface area contributed by atoms with Crippen molar-refractivity contribution in [1.82, 2.24) is 14.9 Å². The van der Waals surface area contributed by atoms with Crippen LogP contribution in [0.3, 0.4) is 0 Å². The molecule has 6 heteroatoms. The summed E-state index contributed by atoms with van der Waals surface area (Å²) in [5.41, 5.74) is -0.0927. The largest absolute Gasteiger partial charge is 0.390 e. The van der Waals surface area contributed by atoms with Crippen molar-refractivity contribution in [3.05, 3.63) is 28.1 Å². The summed E-state index contributed by atoms with van der Waals surface area (Å²) in [7, 11) is 0. The zero-order valence-corrected chi connectivity index (χ0v) is 11.3. The van der Waals surface area contributed by atoms with Gasteiger partial charge in [-0.3, -0.25) is 9.36 Å². The number of nitrogens with one attached hydrogen (secondary N) is 1. The van der Waals surface area contributed by atoms with Crippen LogP contribution in [0.2, 0.25) is 0 Å². The number of rotatable bonds is 5. The monoisotopic (exact) mass is 267 g/mol. The zero-order chi connectivity index (χ0) is 13.1. The molecule has 5 nitrogen and oxygen atoms in total. The highest BCUT2D eigenvalue weighted by Gasteiger charge is 2.10. The van der Waals surface area contributed by atoms with Gasteiger partial charge in [-0.1, -0.05) is 13.8 Å². The number of hydrogen-bond acceptors (Lipinski definition) is 5. The van der Waals surface area contributed by atoms with Gasteiger partial charge in [-0.05, 0) is 11.4 Å². The first-order valence-electron chi connectivity index (χ1n) is 5.92. The lowest BCUT2D eigenvalue weighted by Gasteiger charge is -2.15. The maximum absolute atomic E-state index is 12.1. The first-order chi connectivity index (χ1) is 8.58. The Hall–Kier alpha value is -1.24. The quantitative estimate of drug-likeness (QED) is 0.841. The van der Waals surface area contributed by atoms with Crippen molar-refractivity contribution in [2.45, 2.75) is 32.5 Å². The van der Waals surface area contributed by atoms with E-state index in [9.17, 15) is 9.90 Å². The molecule has 1 atom stereocenters. The van der Waals surface area contributed by atoms with Crippen molar-refractivity contribution in [3.63, 3.8) is 0 Å². The molecule has 1 unspecified atom stereocenters. The summed E-state index contributed by atoms with van der Waals surface area (Å²) in [6.07, 6.45) is 0.905. The number of fused-ring (bicyclic) bond motifs is 1. The van der Waals surface area contributed by atoms with E-state index in [-0.39, 0.29) is 12.1 Å². The number of aliphatic hydroxyl groups is 1. The highest BCUT2D eigenvalue weighted by atomic mass is 32.1. The van der Waals surface area contributed by atoms with Gasteiger partial charge in [0, 0.05) is 12.6 Å². The van der Waals surface area contributed by atoms with Crippen LogP contribution in [0.15, 0.2) is 22.6 Å². The van der Waals surface area contributed by atoms with Crippen molar-refractivity contribution in [3.8, 4) is 0 Å². The second kappa shape index (κ2) is 5.60. The maximum atomic E-state index is 12.1. The van der Waals surface area contributed by atoms with Crippen molar-refractivity contribution in [2.24, 2.45) is 0 Å². The molecule has 18 heavy (non-hydrogen) atoms. The van der Waals surface area contributed by atoms with E-state index in [0.717, 1.165) is 4.83 Å². The van der Waals surface area contributed by atoms with Gasteiger partial charge in [0.25, 0.3) is 5.56 Å². The molecule has 2 N–H and O–H groups in total. The second-order valence-corrected chi connectivity index (χ2v) is 5.45. The minimum atomic E-state index is -0.594. The van der Waals surface area contributed by atoms with Gasteiger partial charge in [0.15, 0.2) is 0 Å². The molecule has 2 aromatic heterocycles. The van der Waals surface area contributed by atoms with Crippen LogP contribution in [0.5, 0.6) is 0 Å². The standard InChI is InChI=1S/C12H17N3O2S/c1-8(2)13-5-9(16)6-15-7-14-11-10(12(15)17)3-4-18-11/h3-4,7-9,13,16H,5-6H2,1-2H3. The van der Waals surface area contributed by atoms with Gasteiger partial charge in [-0.2, -0.15) is 0 Å². The Kier molecular flexibility index (Phi) is 4.11. The normalized spacial score (nSPS) is 13.3. The van der Waals surface area contributed by atoms with Crippen LogP contribution in [0, 0.1) is 0 Å². The lowest BCUT2D eigenvalue weighted by atomic mass is 10.3. The van der Waals surface area contributed by atoms with Crippen LogP contribution in [-0.4, -0.2) is 33.3 Å². The molecule has 0 aliphatic rings. The summed E-state index contributed by atoms with van der Waals surface area (Å²) in [4.78, 5) is 17.0. The third kappa shape index (κ3) is 2.95. The Morgan fingerprint density at radius 3 is 3.06 bits per heavy atom. The number of thiophene rings is 1. The van der Waals surface area contributed by atoms with E-state index in [2.05, 4.69) is 10.3 Å². The van der Waals surface area contributed by atoms with Gasteiger partial charge in [0.1, 0.15) is 4.83 Å². The van der Waals surface area contributed by atoms with Crippen LogP contribution >= 0.6 is 11.3 Å². The fourth-order valence-corrected chi connectivity index (χ4v) is 2.41. The average molecular weight is 267 g/mol. The summed E-state index contributed by atoms with van der Waals surface area (Å²) in [6.45, 7) is 4.75. The van der Waals surface area contributed by atoms with Crippen molar-refractivity contribution >= 4 is 21.6 Å². The van der Waals surface area contributed by atoms with Gasteiger partial charge in [-0.25, -0.2) is 4.98 Å². The first-order valence-corrected chi connectivity index (χ1v) is 6.80. The molecule has 0 aliphatic heterocycles. The Morgan fingerprint density at radius 2 is 2.33 bits per heavy atom. The van der Waals surface area contributed by atoms with Crippen molar-refractivity contribution in [1.29, 1.82) is 0 Å². The second-order valence-electron chi connectivity index (χ2n) is 4.56. The molecule has 0 spiro atoms. The SMILES string of the molecule is CC(C)NCC(O)Cn1cnc2sccc2c1=O. The fourth-order valence-electron chi connectivity index (χ4n) is 1.69. The Morgan fingerprint density at radius 1 is 1.56 bits per heavy atom. The van der Waals surface area contributed by atoms with Crippen molar-refractivity contribution in [2.75, 3.05) is 6.54 Å². The molecule has 0 fully saturated rings. The van der Waals surface area contributed by atoms with E-state index in [4.69, 9.17) is 0 Å². The van der Waals surface area contributed by atoms with E-state index >= 15 is 0 Å². The molecular formula is C12H17N3O2S. The van der Waals surface area contributed by atoms with E-state index in [1.165, 1.54) is 22.2 Å². The third-order valence-electron chi connectivity index (χ3n) is 2.62. The molecule has 0 saturated carbocycles. The minimum absolute atomic E-state index is 0.0927. The minimum Gasteiger partial charge on any atom is -0.390 e. The Labute approximate surface area is 109 Å². The molecule has 0 radical (unpaired) electrons. The topological polar surface area (TPSA) is 67.2 Å². The molecule has 0 bridgehead atoms. The van der Waals surface area contributed by atoms with Gasteiger partial charge in [-0.15, -0.1) is 11.3 Å². The van der Waals surface area contributed by atoms with Gasteiger partial charge in [0.2, 0.25) is 0 Å². The van der Waals surface area contributed by atoms with Crippen LogP contribution in [-0.2, 0) is 6.54 Å². The number of hydrogen-bond donors (Lipinski definition) is 2. The molecule has 0 saturated heterocycles. The third-order valence-corrected chi connectivity index (χ3v) is 3.44. The first kappa shape index (κ1) is 13.2. The Bertz CT molecular complexity index is 576. The molecule has 2 heterocycles. The van der Waals surface area contributed by atoms with Gasteiger partial charge >= 0.3 is 0 Å². The number of aliphatic hydroxyl groups excluding tert-OH is 1. The van der Waals surface area contributed by atoms with Gasteiger partial charge < -0.3 is 10.4 Å². The number of nitrogens with zero attached hydrogens (tertiary/aromatic N) is 2. The smallest absolute Gasteiger partial charge is 0.262 e. The Balaban J connectivity index is 2.11. The summed E-state index contributed by atoms with van der Waals surface area (Å²) in [5.74, 6) is 0. The van der Waals surface area contributed by atoms with E-state index < -0.39 is 6.10 Å². The molecule has 2 rings (SSSR count). The summed E-state index contributed by atoms with van der Waals surface area (Å²) >= 11 is 1.44. The molecule has 2 aromatic rings. The molecular weight excluding hydrogens is 250 g/mol. The number of aromatic nitrogens is 2. The fraction of sp³-hybridized carbons (Fsp3) is 0.500. The lowest BCUT2D eigenvalue weighted by Crippen LogP contribution is -2.36. The molecule has 98 valence electrons. The van der Waals surface area contributed by atoms with E-state index in [0.29, 0.717) is 18.0 Å². The summed E-state index contributed by atoms with van der Waals surface area (Å²) in [6, 6.07) is 2.08. The summed E-state index contributed by atoms with van der Waals surface area (Å²) < 4.78 is 1.46. The lowest BCUT2D eigenvalue weighted by molar-refractivity contribution is 0.147. The van der Waals surface area contributed by atoms with Crippen LogP contribution in [0.25, 0.3) is 10.2 Å². The molecule has 0 aromatic carbocycles. The van der Waals surface area contributed by atoms with Gasteiger partial charge in [0.05, 0.1) is 24.4 Å². The van der Waals surface area contributed by atoms with Crippen molar-refractivity contribution < 1.29 is 5.11 Å². The van der Waals surface area contributed by atoms with E-state index in [1.807, 2.05) is 19.2 Å². The molecule has 0 aliphatic carbocycles. The average Bonchev–Trinajstić information content (AvgIpc) is 2.79. The molecule has 0 amide bonds. The predicted molar refractivity (Wildman–Crippen MR) is 73.0 cm³/mol. The van der Waals surface area contributed by atoms with E-state index in [1.54, 1.807) is 6.07 Å². The highest BCUT2D eigenvalue weighted by Crippen LogP contribution is 2.13. The summed E-state index contributed by atoms with van der Waals surface area (Å²) in [5, 5.41) is 15.4. The predicted octanol–water partition coefficient (Wildman–Crippen LogP) is 0.817. The maximum Gasteiger partial charge on any atom is 0.262 e. The van der Waals surface area contributed by atoms with Crippen LogP contribution in [0.1, 0.15) is 13.8 Å². The van der Waals surface area contributed by atoms with Crippen LogP contribution < -0.4 is 10.9 Å². The highest BCUT2D eigenvalue weighted by molar-refractivity contribution is 7.16.